The third-order valence-corrected chi connectivity index (χ3v) is 3.45. The van der Waals surface area contributed by atoms with Crippen molar-refractivity contribution in [2.45, 2.75) is 44.4 Å². The monoisotopic (exact) mass is 244 g/mol. The van der Waals surface area contributed by atoms with Crippen molar-refractivity contribution in [1.29, 1.82) is 0 Å². The zero-order chi connectivity index (χ0) is 12.0. The predicted molar refractivity (Wildman–Crippen MR) is 67.0 cm³/mol. The number of nitrogens with zero attached hydrogens (tertiary/aromatic N) is 2. The summed E-state index contributed by atoms with van der Waals surface area (Å²) in [5, 5.41) is 10.5. The van der Waals surface area contributed by atoms with E-state index in [1.807, 2.05) is 7.05 Å². The molecule has 0 bridgehead atoms. The van der Waals surface area contributed by atoms with E-state index in [0.29, 0.717) is 6.04 Å². The lowest BCUT2D eigenvalue weighted by molar-refractivity contribution is 0.591. The highest BCUT2D eigenvalue weighted by Gasteiger charge is 2.08. The summed E-state index contributed by atoms with van der Waals surface area (Å²) in [4.78, 5) is 11.4. The molecule has 1 atom stereocenters. The summed E-state index contributed by atoms with van der Waals surface area (Å²) in [7, 11) is 1.96. The fraction of sp³-hybridized carbons (Fsp3) is 0.800. The van der Waals surface area contributed by atoms with Gasteiger partial charge in [0.05, 0.1) is 0 Å². The Kier molecular flexibility index (Phi) is 5.62. The van der Waals surface area contributed by atoms with E-state index < -0.39 is 0 Å². The highest BCUT2D eigenvalue weighted by Crippen LogP contribution is 2.15. The summed E-state index contributed by atoms with van der Waals surface area (Å²) >= 11 is 1.63. The van der Waals surface area contributed by atoms with Gasteiger partial charge in [-0.2, -0.15) is 0 Å². The SMILES string of the molecule is CCCn1c(SCCC(C)NC)n[nH]c1=O. The second-order valence-electron chi connectivity index (χ2n) is 3.79. The van der Waals surface area contributed by atoms with Crippen molar-refractivity contribution in [2.24, 2.45) is 0 Å². The number of aromatic amines is 1. The molecule has 2 N–H and O–H groups in total. The van der Waals surface area contributed by atoms with Crippen LogP contribution in [0.5, 0.6) is 0 Å². The third kappa shape index (κ3) is 3.68. The van der Waals surface area contributed by atoms with Gasteiger partial charge in [-0.25, -0.2) is 9.89 Å². The Morgan fingerprint density at radius 3 is 3.00 bits per heavy atom. The summed E-state index contributed by atoms with van der Waals surface area (Å²) in [6, 6.07) is 0.498. The first-order valence-electron chi connectivity index (χ1n) is 5.64. The van der Waals surface area contributed by atoms with E-state index >= 15 is 0 Å². The minimum Gasteiger partial charge on any atom is -0.317 e. The molecule has 0 radical (unpaired) electrons. The zero-order valence-corrected chi connectivity index (χ0v) is 10.9. The highest BCUT2D eigenvalue weighted by atomic mass is 32.2. The summed E-state index contributed by atoms with van der Waals surface area (Å²) in [5.41, 5.74) is -0.106. The Morgan fingerprint density at radius 1 is 1.62 bits per heavy atom. The number of rotatable bonds is 7. The van der Waals surface area contributed by atoms with Crippen LogP contribution in [-0.2, 0) is 6.54 Å². The Balaban J connectivity index is 2.50. The van der Waals surface area contributed by atoms with Crippen molar-refractivity contribution in [3.8, 4) is 0 Å². The molecule has 0 aliphatic carbocycles. The van der Waals surface area contributed by atoms with Crippen LogP contribution >= 0.6 is 11.8 Å². The first-order valence-corrected chi connectivity index (χ1v) is 6.62. The average molecular weight is 244 g/mol. The first-order chi connectivity index (χ1) is 7.69. The molecular weight excluding hydrogens is 224 g/mol. The fourth-order valence-electron chi connectivity index (χ4n) is 1.31. The molecule has 0 aliphatic rings. The van der Waals surface area contributed by atoms with E-state index in [1.165, 1.54) is 0 Å². The molecule has 0 saturated heterocycles. The fourth-order valence-corrected chi connectivity index (χ4v) is 2.40. The molecule has 0 spiro atoms. The molecule has 1 aromatic heterocycles. The number of nitrogens with one attached hydrogen (secondary N) is 2. The first kappa shape index (κ1) is 13.3. The van der Waals surface area contributed by atoms with Gasteiger partial charge < -0.3 is 5.32 Å². The lowest BCUT2D eigenvalue weighted by Crippen LogP contribution is -2.21. The van der Waals surface area contributed by atoms with Crippen LogP contribution in [0.25, 0.3) is 0 Å². The maximum Gasteiger partial charge on any atom is 0.343 e. The minimum atomic E-state index is -0.106. The molecule has 0 aromatic carbocycles. The Morgan fingerprint density at radius 2 is 2.38 bits per heavy atom. The summed E-state index contributed by atoms with van der Waals surface area (Å²) in [6.07, 6.45) is 2.01. The van der Waals surface area contributed by atoms with Crippen LogP contribution in [0.1, 0.15) is 26.7 Å². The molecule has 6 heteroatoms. The lowest BCUT2D eigenvalue weighted by atomic mass is 10.3. The number of hydrogen-bond acceptors (Lipinski definition) is 4. The molecule has 0 amide bonds. The second kappa shape index (κ2) is 6.75. The summed E-state index contributed by atoms with van der Waals surface area (Å²) < 4.78 is 1.70. The summed E-state index contributed by atoms with van der Waals surface area (Å²) in [5.74, 6) is 0.968. The van der Waals surface area contributed by atoms with Crippen LogP contribution in [0, 0.1) is 0 Å². The minimum absolute atomic E-state index is 0.106. The lowest BCUT2D eigenvalue weighted by Gasteiger charge is -2.08. The molecule has 16 heavy (non-hydrogen) atoms. The predicted octanol–water partition coefficient (Wildman–Crippen LogP) is 1.07. The maximum absolute atomic E-state index is 11.4. The van der Waals surface area contributed by atoms with Crippen molar-refractivity contribution in [3.63, 3.8) is 0 Å². The van der Waals surface area contributed by atoms with Crippen LogP contribution in [-0.4, -0.2) is 33.6 Å². The van der Waals surface area contributed by atoms with Crippen molar-refractivity contribution < 1.29 is 0 Å². The van der Waals surface area contributed by atoms with Crippen molar-refractivity contribution in [3.05, 3.63) is 10.5 Å². The van der Waals surface area contributed by atoms with Crippen LogP contribution in [0.3, 0.4) is 0 Å². The van der Waals surface area contributed by atoms with E-state index in [9.17, 15) is 4.79 Å². The molecule has 1 unspecified atom stereocenters. The van der Waals surface area contributed by atoms with Crippen LogP contribution < -0.4 is 11.0 Å². The maximum atomic E-state index is 11.4. The molecule has 1 aromatic rings. The Labute approximate surface area is 100 Å². The Hall–Kier alpha value is -0.750. The molecule has 1 rings (SSSR count). The van der Waals surface area contributed by atoms with Crippen molar-refractivity contribution in [2.75, 3.05) is 12.8 Å². The molecule has 0 saturated carbocycles. The molecular formula is C10H20N4OS. The van der Waals surface area contributed by atoms with Gasteiger partial charge in [0.15, 0.2) is 5.16 Å². The Bertz CT molecular complexity index is 360. The molecule has 5 nitrogen and oxygen atoms in total. The summed E-state index contributed by atoms with van der Waals surface area (Å²) in [6.45, 7) is 4.93. The van der Waals surface area contributed by atoms with Gasteiger partial charge >= 0.3 is 5.69 Å². The van der Waals surface area contributed by atoms with Gasteiger partial charge in [0.2, 0.25) is 0 Å². The van der Waals surface area contributed by atoms with Crippen molar-refractivity contribution >= 4 is 11.8 Å². The topological polar surface area (TPSA) is 62.7 Å². The molecule has 1 heterocycles. The number of H-pyrrole nitrogens is 1. The van der Waals surface area contributed by atoms with Crippen LogP contribution in [0.15, 0.2) is 9.95 Å². The van der Waals surface area contributed by atoms with Gasteiger partial charge in [-0.3, -0.25) is 4.57 Å². The largest absolute Gasteiger partial charge is 0.343 e. The smallest absolute Gasteiger partial charge is 0.317 e. The number of thioether (sulfide) groups is 1. The molecule has 0 fully saturated rings. The average Bonchev–Trinajstić information content (AvgIpc) is 2.62. The normalized spacial score (nSPS) is 12.9. The zero-order valence-electron chi connectivity index (χ0n) is 10.1. The van der Waals surface area contributed by atoms with Gasteiger partial charge in [0, 0.05) is 18.3 Å². The van der Waals surface area contributed by atoms with Crippen LogP contribution in [0.2, 0.25) is 0 Å². The van der Waals surface area contributed by atoms with E-state index in [-0.39, 0.29) is 5.69 Å². The van der Waals surface area contributed by atoms with E-state index in [4.69, 9.17) is 0 Å². The third-order valence-electron chi connectivity index (χ3n) is 2.45. The van der Waals surface area contributed by atoms with Crippen molar-refractivity contribution in [1.82, 2.24) is 20.1 Å². The van der Waals surface area contributed by atoms with Gasteiger partial charge in [-0.05, 0) is 26.8 Å². The van der Waals surface area contributed by atoms with Crippen LogP contribution in [0.4, 0.5) is 0 Å². The highest BCUT2D eigenvalue weighted by molar-refractivity contribution is 7.99. The van der Waals surface area contributed by atoms with Gasteiger partial charge in [0.25, 0.3) is 0 Å². The van der Waals surface area contributed by atoms with Gasteiger partial charge in [-0.1, -0.05) is 18.7 Å². The second-order valence-corrected chi connectivity index (χ2v) is 4.85. The molecule has 0 aliphatic heterocycles. The van der Waals surface area contributed by atoms with E-state index in [0.717, 1.165) is 30.3 Å². The van der Waals surface area contributed by atoms with E-state index in [1.54, 1.807) is 16.3 Å². The quantitative estimate of drug-likeness (QED) is 0.704. The molecule has 92 valence electrons. The van der Waals surface area contributed by atoms with Gasteiger partial charge in [-0.15, -0.1) is 5.10 Å². The number of aromatic nitrogens is 3. The van der Waals surface area contributed by atoms with E-state index in [2.05, 4.69) is 29.4 Å². The standard InChI is InChI=1S/C10H20N4OS/c1-4-6-14-9(15)12-13-10(14)16-7-5-8(2)11-3/h8,11H,4-7H2,1-3H3,(H,12,15). The number of hydrogen-bond donors (Lipinski definition) is 2. The van der Waals surface area contributed by atoms with Gasteiger partial charge in [0.1, 0.15) is 0 Å².